The summed E-state index contributed by atoms with van der Waals surface area (Å²) in [5, 5.41) is 0. The molecule has 0 heterocycles. The van der Waals surface area contributed by atoms with E-state index in [1.807, 2.05) is 0 Å². The molecule has 130 valence electrons. The van der Waals surface area contributed by atoms with Crippen molar-refractivity contribution < 1.29 is 13.2 Å². The maximum absolute atomic E-state index is 12.4. The Hall–Kier alpha value is -1.07. The lowest BCUT2D eigenvalue weighted by Crippen LogP contribution is -2.29. The Morgan fingerprint density at radius 2 is 1.74 bits per heavy atom. The first kappa shape index (κ1) is 18.3. The van der Waals surface area contributed by atoms with Crippen LogP contribution in [0.15, 0.2) is 29.2 Å². The Labute approximate surface area is 140 Å². The van der Waals surface area contributed by atoms with Crippen molar-refractivity contribution in [3.63, 3.8) is 0 Å². The smallest absolute Gasteiger partial charge is 0.240 e. The van der Waals surface area contributed by atoms with E-state index in [-0.39, 0.29) is 0 Å². The lowest BCUT2D eigenvalue weighted by atomic mass is 10.0. The van der Waals surface area contributed by atoms with Gasteiger partial charge in [0.15, 0.2) is 0 Å². The van der Waals surface area contributed by atoms with Crippen LogP contribution in [0.2, 0.25) is 0 Å². The summed E-state index contributed by atoms with van der Waals surface area (Å²) in [5.74, 6) is 1.20. The van der Waals surface area contributed by atoms with Gasteiger partial charge in [-0.3, -0.25) is 0 Å². The highest BCUT2D eigenvalue weighted by molar-refractivity contribution is 7.89. The largest absolute Gasteiger partial charge is 0.494 e. The van der Waals surface area contributed by atoms with Crippen LogP contribution >= 0.6 is 0 Å². The minimum Gasteiger partial charge on any atom is -0.494 e. The number of hydrogen-bond donors (Lipinski definition) is 1. The van der Waals surface area contributed by atoms with Crippen LogP contribution in [0.1, 0.15) is 58.3 Å². The third-order valence-corrected chi connectivity index (χ3v) is 5.88. The van der Waals surface area contributed by atoms with Gasteiger partial charge in [-0.25, -0.2) is 13.1 Å². The van der Waals surface area contributed by atoms with Gasteiger partial charge >= 0.3 is 0 Å². The zero-order valence-corrected chi connectivity index (χ0v) is 14.9. The first-order valence-electron chi connectivity index (χ1n) is 8.84. The summed E-state index contributed by atoms with van der Waals surface area (Å²) in [6.45, 7) is 3.33. The Morgan fingerprint density at radius 3 is 2.35 bits per heavy atom. The number of unbranched alkanes of at least 4 members (excludes halogenated alkanes) is 1. The molecule has 1 saturated carbocycles. The molecule has 1 aromatic rings. The summed E-state index contributed by atoms with van der Waals surface area (Å²) in [6.07, 6.45) is 9.35. The third kappa shape index (κ3) is 6.15. The predicted molar refractivity (Wildman–Crippen MR) is 93.2 cm³/mol. The quantitative estimate of drug-likeness (QED) is 0.573. The van der Waals surface area contributed by atoms with Crippen molar-refractivity contribution in [1.29, 1.82) is 0 Å². The van der Waals surface area contributed by atoms with Crippen molar-refractivity contribution in [2.24, 2.45) is 5.92 Å². The van der Waals surface area contributed by atoms with E-state index in [2.05, 4.69) is 11.6 Å². The van der Waals surface area contributed by atoms with Crippen LogP contribution in [-0.4, -0.2) is 21.6 Å². The summed E-state index contributed by atoms with van der Waals surface area (Å²) in [7, 11) is -3.42. The number of ether oxygens (including phenoxy) is 1. The summed E-state index contributed by atoms with van der Waals surface area (Å²) in [6, 6.07) is 6.71. The van der Waals surface area contributed by atoms with Gasteiger partial charge in [0.1, 0.15) is 5.75 Å². The highest BCUT2D eigenvalue weighted by Gasteiger charge is 2.18. The summed E-state index contributed by atoms with van der Waals surface area (Å²) < 4.78 is 33.1. The second kappa shape index (κ2) is 9.28. The lowest BCUT2D eigenvalue weighted by molar-refractivity contribution is 0.309. The molecule has 1 N–H and O–H groups in total. The Morgan fingerprint density at radius 1 is 1.09 bits per heavy atom. The van der Waals surface area contributed by atoms with Crippen LogP contribution in [0.5, 0.6) is 5.75 Å². The van der Waals surface area contributed by atoms with Crippen molar-refractivity contribution in [2.75, 3.05) is 13.2 Å². The first-order valence-corrected chi connectivity index (χ1v) is 10.3. The van der Waals surface area contributed by atoms with E-state index in [0.717, 1.165) is 31.4 Å². The normalized spacial score (nSPS) is 16.9. The molecule has 1 aliphatic carbocycles. The molecule has 0 aliphatic heterocycles. The number of sulfonamides is 1. The van der Waals surface area contributed by atoms with E-state index in [0.29, 0.717) is 24.0 Å². The van der Waals surface area contributed by atoms with Crippen molar-refractivity contribution in [3.05, 3.63) is 24.3 Å². The summed E-state index contributed by atoms with van der Waals surface area (Å²) >= 11 is 0. The van der Waals surface area contributed by atoms with Gasteiger partial charge in [0.25, 0.3) is 0 Å². The first-order chi connectivity index (χ1) is 11.1. The summed E-state index contributed by atoms with van der Waals surface area (Å²) in [4.78, 5) is 0.314. The van der Waals surface area contributed by atoms with E-state index >= 15 is 0 Å². The van der Waals surface area contributed by atoms with Crippen LogP contribution < -0.4 is 9.46 Å². The minimum absolute atomic E-state index is 0.314. The summed E-state index contributed by atoms with van der Waals surface area (Å²) in [5.41, 5.74) is 0. The maximum Gasteiger partial charge on any atom is 0.240 e. The molecule has 2 rings (SSSR count). The highest BCUT2D eigenvalue weighted by Crippen LogP contribution is 2.23. The van der Waals surface area contributed by atoms with Gasteiger partial charge in [-0.05, 0) is 49.4 Å². The molecule has 5 heteroatoms. The molecular weight excluding hydrogens is 310 g/mol. The maximum atomic E-state index is 12.4. The molecule has 1 aliphatic rings. The molecule has 0 saturated heterocycles. The molecule has 23 heavy (non-hydrogen) atoms. The van der Waals surface area contributed by atoms with Crippen molar-refractivity contribution in [3.8, 4) is 5.75 Å². The van der Waals surface area contributed by atoms with Gasteiger partial charge in [-0.15, -0.1) is 0 Å². The molecule has 1 fully saturated rings. The molecule has 0 amide bonds. The predicted octanol–water partition coefficient (Wildman–Crippen LogP) is 4.11. The Bertz CT molecular complexity index is 546. The lowest BCUT2D eigenvalue weighted by Gasteiger charge is -2.15. The number of nitrogens with one attached hydrogen (secondary N) is 1. The number of hydrogen-bond acceptors (Lipinski definition) is 3. The molecular formula is C18H29NO3S. The van der Waals surface area contributed by atoms with Gasteiger partial charge in [-0.2, -0.15) is 0 Å². The van der Waals surface area contributed by atoms with Crippen LogP contribution in [0, 0.1) is 5.92 Å². The van der Waals surface area contributed by atoms with Gasteiger partial charge in [0, 0.05) is 6.54 Å². The number of rotatable bonds is 8. The second-order valence-corrected chi connectivity index (χ2v) is 8.15. The van der Waals surface area contributed by atoms with E-state index in [1.165, 1.54) is 25.7 Å². The topological polar surface area (TPSA) is 55.4 Å². The fourth-order valence-electron chi connectivity index (χ4n) is 2.93. The van der Waals surface area contributed by atoms with E-state index in [4.69, 9.17) is 4.74 Å². The Kier molecular flexibility index (Phi) is 7.37. The molecule has 4 nitrogen and oxygen atoms in total. The number of benzene rings is 1. The van der Waals surface area contributed by atoms with Gasteiger partial charge in [0.05, 0.1) is 11.5 Å². The van der Waals surface area contributed by atoms with E-state index in [9.17, 15) is 8.42 Å². The van der Waals surface area contributed by atoms with Crippen LogP contribution in [0.3, 0.4) is 0 Å². The molecule has 1 aromatic carbocycles. The SMILES string of the molecule is CCCCOc1ccc(S(=O)(=O)NCC2CCCCCC2)cc1. The molecule has 0 spiro atoms. The van der Waals surface area contributed by atoms with Crippen LogP contribution in [-0.2, 0) is 10.0 Å². The zero-order chi connectivity index (χ0) is 16.5. The molecule has 0 bridgehead atoms. The zero-order valence-electron chi connectivity index (χ0n) is 14.1. The standard InChI is InChI=1S/C18H29NO3S/c1-2-3-14-22-17-10-12-18(13-11-17)23(20,21)19-15-16-8-6-4-5-7-9-16/h10-13,16,19H,2-9,14-15H2,1H3. The fourth-order valence-corrected chi connectivity index (χ4v) is 4.04. The van der Waals surface area contributed by atoms with Crippen molar-refractivity contribution in [2.45, 2.75) is 63.2 Å². The van der Waals surface area contributed by atoms with E-state index in [1.54, 1.807) is 24.3 Å². The van der Waals surface area contributed by atoms with Gasteiger partial charge in [-0.1, -0.05) is 39.0 Å². The molecule has 0 radical (unpaired) electrons. The Balaban J connectivity index is 1.88. The average molecular weight is 340 g/mol. The van der Waals surface area contributed by atoms with Gasteiger partial charge < -0.3 is 4.74 Å². The fraction of sp³-hybridized carbons (Fsp3) is 0.667. The minimum atomic E-state index is -3.42. The molecule has 0 aromatic heterocycles. The van der Waals surface area contributed by atoms with Crippen molar-refractivity contribution in [1.82, 2.24) is 4.72 Å². The third-order valence-electron chi connectivity index (χ3n) is 4.44. The molecule has 0 atom stereocenters. The monoisotopic (exact) mass is 339 g/mol. The van der Waals surface area contributed by atoms with Crippen molar-refractivity contribution >= 4 is 10.0 Å². The second-order valence-electron chi connectivity index (χ2n) is 6.38. The highest BCUT2D eigenvalue weighted by atomic mass is 32.2. The van der Waals surface area contributed by atoms with E-state index < -0.39 is 10.0 Å². The van der Waals surface area contributed by atoms with Gasteiger partial charge in [0.2, 0.25) is 10.0 Å². The van der Waals surface area contributed by atoms with Crippen LogP contribution in [0.25, 0.3) is 0 Å². The molecule has 0 unspecified atom stereocenters. The van der Waals surface area contributed by atoms with Crippen LogP contribution in [0.4, 0.5) is 0 Å². The average Bonchev–Trinajstić information content (AvgIpc) is 2.83.